The molecule has 2 atom stereocenters. The summed E-state index contributed by atoms with van der Waals surface area (Å²) < 4.78 is 5.74. The van der Waals surface area contributed by atoms with Gasteiger partial charge in [-0.3, -0.25) is 4.79 Å². The molecule has 21 heavy (non-hydrogen) atoms. The Balaban J connectivity index is 2.02. The number of carbonyl (C=O) groups excluding carboxylic acids is 1. The van der Waals surface area contributed by atoms with Gasteiger partial charge in [-0.15, -0.1) is 11.3 Å². The zero-order chi connectivity index (χ0) is 15.2. The predicted molar refractivity (Wildman–Crippen MR) is 86.7 cm³/mol. The number of carbonyl (C=O) groups is 1. The number of hydrogen-bond acceptors (Lipinski definition) is 4. The highest BCUT2D eigenvalue weighted by atomic mass is 32.1. The van der Waals surface area contributed by atoms with Gasteiger partial charge in [0, 0.05) is 16.6 Å². The minimum atomic E-state index is -0.649. The number of ether oxygens (including phenoxy) is 1. The van der Waals surface area contributed by atoms with Crippen molar-refractivity contribution in [2.45, 2.75) is 32.4 Å². The van der Waals surface area contributed by atoms with E-state index in [4.69, 9.17) is 10.5 Å². The van der Waals surface area contributed by atoms with E-state index in [2.05, 4.69) is 12.2 Å². The van der Waals surface area contributed by atoms with Crippen molar-refractivity contribution in [1.29, 1.82) is 0 Å². The molecule has 4 nitrogen and oxygen atoms in total. The van der Waals surface area contributed by atoms with Crippen LogP contribution in [-0.2, 0) is 4.79 Å². The van der Waals surface area contributed by atoms with Crippen molar-refractivity contribution >= 4 is 22.9 Å². The Kier molecular flexibility index (Phi) is 5.36. The fraction of sp³-hybridized carbons (Fsp3) is 0.312. The van der Waals surface area contributed by atoms with Crippen LogP contribution in [0, 0.1) is 0 Å². The van der Waals surface area contributed by atoms with Gasteiger partial charge < -0.3 is 15.8 Å². The van der Waals surface area contributed by atoms with E-state index in [9.17, 15) is 4.79 Å². The first kappa shape index (κ1) is 15.5. The Morgan fingerprint density at radius 2 is 2.19 bits per heavy atom. The Bertz CT molecular complexity index is 584. The van der Waals surface area contributed by atoms with E-state index in [0.29, 0.717) is 5.69 Å². The van der Waals surface area contributed by atoms with Crippen molar-refractivity contribution < 1.29 is 9.53 Å². The van der Waals surface area contributed by atoms with Gasteiger partial charge in [0.05, 0.1) is 6.10 Å². The molecule has 0 saturated carbocycles. The van der Waals surface area contributed by atoms with Gasteiger partial charge in [-0.25, -0.2) is 0 Å². The average Bonchev–Trinajstić information content (AvgIpc) is 3.00. The SMILES string of the molecule is CCC(C)Oc1cccc(NC(=O)C(N)c2cccs2)c1. The molecule has 2 aromatic rings. The number of rotatable bonds is 6. The van der Waals surface area contributed by atoms with Gasteiger partial charge in [0.15, 0.2) is 0 Å². The molecule has 0 spiro atoms. The molecule has 1 amide bonds. The molecular formula is C16H20N2O2S. The van der Waals surface area contributed by atoms with Crippen LogP contribution in [0.1, 0.15) is 31.2 Å². The summed E-state index contributed by atoms with van der Waals surface area (Å²) in [7, 11) is 0. The predicted octanol–water partition coefficient (Wildman–Crippen LogP) is 3.56. The van der Waals surface area contributed by atoms with Crippen molar-refractivity contribution in [2.75, 3.05) is 5.32 Å². The fourth-order valence-electron chi connectivity index (χ4n) is 1.78. The summed E-state index contributed by atoms with van der Waals surface area (Å²) in [5.41, 5.74) is 6.63. The first-order valence-corrected chi connectivity index (χ1v) is 7.84. The number of anilines is 1. The van der Waals surface area contributed by atoms with Gasteiger partial charge in [0.25, 0.3) is 0 Å². The van der Waals surface area contributed by atoms with Crippen molar-refractivity contribution in [2.24, 2.45) is 5.73 Å². The van der Waals surface area contributed by atoms with Crippen LogP contribution in [0.4, 0.5) is 5.69 Å². The normalized spacial score (nSPS) is 13.5. The Morgan fingerprint density at radius 3 is 2.86 bits per heavy atom. The van der Waals surface area contributed by atoms with Gasteiger partial charge in [0.2, 0.25) is 5.91 Å². The Labute approximate surface area is 128 Å². The third kappa shape index (κ3) is 4.31. The van der Waals surface area contributed by atoms with Gasteiger partial charge in [-0.2, -0.15) is 0 Å². The second-order valence-corrected chi connectivity index (χ2v) is 5.83. The van der Waals surface area contributed by atoms with Crippen LogP contribution >= 0.6 is 11.3 Å². The molecule has 0 aliphatic rings. The van der Waals surface area contributed by atoms with E-state index < -0.39 is 6.04 Å². The van der Waals surface area contributed by atoms with Crippen LogP contribution < -0.4 is 15.8 Å². The molecule has 0 aliphatic carbocycles. The maximum Gasteiger partial charge on any atom is 0.246 e. The largest absolute Gasteiger partial charge is 0.491 e. The number of benzene rings is 1. The van der Waals surface area contributed by atoms with Gasteiger partial charge in [-0.1, -0.05) is 19.1 Å². The van der Waals surface area contributed by atoms with Crippen LogP contribution in [0.5, 0.6) is 5.75 Å². The highest BCUT2D eigenvalue weighted by molar-refractivity contribution is 7.10. The first-order valence-electron chi connectivity index (χ1n) is 6.96. The summed E-state index contributed by atoms with van der Waals surface area (Å²) in [5.74, 6) is 0.519. The Hall–Kier alpha value is -1.85. The van der Waals surface area contributed by atoms with Crippen LogP contribution in [0.3, 0.4) is 0 Å². The summed E-state index contributed by atoms with van der Waals surface area (Å²) in [6, 6.07) is 10.5. The molecule has 1 aromatic carbocycles. The molecule has 2 unspecified atom stereocenters. The van der Waals surface area contributed by atoms with Crippen LogP contribution in [0.25, 0.3) is 0 Å². The van der Waals surface area contributed by atoms with E-state index in [0.717, 1.165) is 17.0 Å². The van der Waals surface area contributed by atoms with Gasteiger partial charge >= 0.3 is 0 Å². The first-order chi connectivity index (χ1) is 10.1. The summed E-state index contributed by atoms with van der Waals surface area (Å²) in [6.07, 6.45) is 1.07. The lowest BCUT2D eigenvalue weighted by Gasteiger charge is -2.14. The minimum Gasteiger partial charge on any atom is -0.491 e. The average molecular weight is 304 g/mol. The van der Waals surface area contributed by atoms with Gasteiger partial charge in [0.1, 0.15) is 11.8 Å². The lowest BCUT2D eigenvalue weighted by Crippen LogP contribution is -2.27. The molecule has 2 rings (SSSR count). The molecule has 0 bridgehead atoms. The molecule has 0 saturated heterocycles. The standard InChI is InChI=1S/C16H20N2O2S/c1-3-11(2)20-13-7-4-6-12(10-13)18-16(19)15(17)14-8-5-9-21-14/h4-11,15H,3,17H2,1-2H3,(H,18,19). The smallest absolute Gasteiger partial charge is 0.246 e. The molecule has 1 aromatic heterocycles. The van der Waals surface area contributed by atoms with E-state index in [1.807, 2.05) is 48.7 Å². The zero-order valence-corrected chi connectivity index (χ0v) is 13.0. The summed E-state index contributed by atoms with van der Waals surface area (Å²) in [6.45, 7) is 4.08. The topological polar surface area (TPSA) is 64.3 Å². The Morgan fingerprint density at radius 1 is 1.38 bits per heavy atom. The van der Waals surface area contributed by atoms with Crippen LogP contribution in [0.2, 0.25) is 0 Å². The van der Waals surface area contributed by atoms with Crippen LogP contribution in [-0.4, -0.2) is 12.0 Å². The summed E-state index contributed by atoms with van der Waals surface area (Å²) in [5, 5.41) is 4.73. The lowest BCUT2D eigenvalue weighted by atomic mass is 10.2. The van der Waals surface area contributed by atoms with Crippen molar-refractivity contribution in [1.82, 2.24) is 0 Å². The maximum atomic E-state index is 12.1. The minimum absolute atomic E-state index is 0.143. The lowest BCUT2D eigenvalue weighted by molar-refractivity contribution is -0.117. The maximum absolute atomic E-state index is 12.1. The van der Waals surface area contributed by atoms with Crippen molar-refractivity contribution in [3.63, 3.8) is 0 Å². The second kappa shape index (κ2) is 7.24. The molecule has 0 radical (unpaired) electrons. The third-order valence-corrected chi connectivity index (χ3v) is 4.10. The zero-order valence-electron chi connectivity index (χ0n) is 12.2. The molecular weight excluding hydrogens is 284 g/mol. The van der Waals surface area contributed by atoms with Crippen molar-refractivity contribution in [3.8, 4) is 5.75 Å². The summed E-state index contributed by atoms with van der Waals surface area (Å²) in [4.78, 5) is 13.0. The number of thiophene rings is 1. The highest BCUT2D eigenvalue weighted by Gasteiger charge is 2.16. The van der Waals surface area contributed by atoms with E-state index in [-0.39, 0.29) is 12.0 Å². The van der Waals surface area contributed by atoms with E-state index in [1.165, 1.54) is 11.3 Å². The van der Waals surface area contributed by atoms with E-state index in [1.54, 1.807) is 0 Å². The third-order valence-electron chi connectivity index (χ3n) is 3.15. The number of nitrogens with one attached hydrogen (secondary N) is 1. The molecule has 5 heteroatoms. The fourth-order valence-corrected chi connectivity index (χ4v) is 2.51. The number of hydrogen-bond donors (Lipinski definition) is 2. The van der Waals surface area contributed by atoms with Gasteiger partial charge in [-0.05, 0) is 36.9 Å². The highest BCUT2D eigenvalue weighted by Crippen LogP contribution is 2.22. The molecule has 0 aliphatic heterocycles. The number of amides is 1. The van der Waals surface area contributed by atoms with E-state index >= 15 is 0 Å². The summed E-state index contributed by atoms with van der Waals surface area (Å²) >= 11 is 1.47. The molecule has 0 fully saturated rings. The molecule has 112 valence electrons. The van der Waals surface area contributed by atoms with Crippen molar-refractivity contribution in [3.05, 3.63) is 46.7 Å². The monoisotopic (exact) mass is 304 g/mol. The number of nitrogens with two attached hydrogens (primary N) is 1. The quantitative estimate of drug-likeness (QED) is 0.857. The molecule has 1 heterocycles. The molecule has 3 N–H and O–H groups in total. The van der Waals surface area contributed by atoms with Crippen LogP contribution in [0.15, 0.2) is 41.8 Å². The second-order valence-electron chi connectivity index (χ2n) is 4.85.